The van der Waals surface area contributed by atoms with Gasteiger partial charge in [-0.1, -0.05) is 18.2 Å². The van der Waals surface area contributed by atoms with E-state index in [0.717, 1.165) is 10.9 Å². The summed E-state index contributed by atoms with van der Waals surface area (Å²) in [7, 11) is -2.89. The molecule has 7 heteroatoms. The third-order valence-corrected chi connectivity index (χ3v) is 6.80. The second kappa shape index (κ2) is 6.26. The van der Waals surface area contributed by atoms with Crippen molar-refractivity contribution in [3.05, 3.63) is 36.5 Å². The van der Waals surface area contributed by atoms with Gasteiger partial charge in [-0.3, -0.25) is 9.78 Å². The molecule has 2 aromatic rings. The molecule has 0 aliphatic carbocycles. The first kappa shape index (κ1) is 15.3. The van der Waals surface area contributed by atoms with Gasteiger partial charge in [0.2, 0.25) is 5.91 Å². The Morgan fingerprint density at radius 2 is 2.18 bits per heavy atom. The molecule has 22 heavy (non-hydrogen) atoms. The molecule has 5 nitrogen and oxygen atoms in total. The van der Waals surface area contributed by atoms with Gasteiger partial charge in [-0.15, -0.1) is 11.8 Å². The number of hydrogen-bond donors (Lipinski definition) is 1. The van der Waals surface area contributed by atoms with Crippen LogP contribution in [0, 0.1) is 0 Å². The van der Waals surface area contributed by atoms with Crippen LogP contribution in [0.2, 0.25) is 0 Å². The van der Waals surface area contributed by atoms with Gasteiger partial charge in [-0.2, -0.15) is 0 Å². The number of fused-ring (bicyclic) bond motifs is 1. The molecule has 116 valence electrons. The van der Waals surface area contributed by atoms with E-state index in [1.807, 2.05) is 30.3 Å². The number of carbonyl (C=O) groups excluding carboxylic acids is 1. The van der Waals surface area contributed by atoms with Gasteiger partial charge in [0.15, 0.2) is 9.84 Å². The van der Waals surface area contributed by atoms with Crippen molar-refractivity contribution in [2.24, 2.45) is 0 Å². The Balaban J connectivity index is 1.56. The van der Waals surface area contributed by atoms with Crippen LogP contribution in [0.3, 0.4) is 0 Å². The number of anilines is 1. The molecule has 0 bridgehead atoms. The van der Waals surface area contributed by atoms with E-state index in [4.69, 9.17) is 0 Å². The molecule has 1 N–H and O–H groups in total. The standard InChI is InChI=1S/C15H16N2O3S2/c18-15(9-21-13-5-6-22(19,20)10-13)17-12-7-11-3-1-2-4-14(11)16-8-12/h1-4,7-8,13H,5-6,9-10H2,(H,17,18). The molecule has 1 unspecified atom stereocenters. The predicted octanol–water partition coefficient (Wildman–Crippen LogP) is 2.09. The number of benzene rings is 1. The maximum atomic E-state index is 12.0. The van der Waals surface area contributed by atoms with Crippen molar-refractivity contribution in [3.63, 3.8) is 0 Å². The van der Waals surface area contributed by atoms with Gasteiger partial charge in [0.05, 0.1) is 34.7 Å². The number of carbonyl (C=O) groups is 1. The minimum Gasteiger partial charge on any atom is -0.324 e. The van der Waals surface area contributed by atoms with E-state index in [2.05, 4.69) is 10.3 Å². The summed E-state index contributed by atoms with van der Waals surface area (Å²) in [6, 6.07) is 9.57. The first-order valence-corrected chi connectivity index (χ1v) is 9.85. The van der Waals surface area contributed by atoms with Gasteiger partial charge in [-0.05, 0) is 18.6 Å². The third kappa shape index (κ3) is 3.78. The van der Waals surface area contributed by atoms with Crippen molar-refractivity contribution < 1.29 is 13.2 Å². The van der Waals surface area contributed by atoms with Crippen LogP contribution in [-0.2, 0) is 14.6 Å². The zero-order chi connectivity index (χ0) is 15.6. The molecule has 1 saturated heterocycles. The quantitative estimate of drug-likeness (QED) is 0.925. The lowest BCUT2D eigenvalue weighted by atomic mass is 10.2. The Hall–Kier alpha value is -1.60. The summed E-state index contributed by atoms with van der Waals surface area (Å²) in [4.78, 5) is 16.2. The van der Waals surface area contributed by atoms with E-state index < -0.39 is 9.84 Å². The Morgan fingerprint density at radius 3 is 2.95 bits per heavy atom. The molecule has 0 saturated carbocycles. The van der Waals surface area contributed by atoms with E-state index >= 15 is 0 Å². The number of sulfone groups is 1. The average molecular weight is 336 g/mol. The highest BCUT2D eigenvalue weighted by Gasteiger charge is 2.28. The highest BCUT2D eigenvalue weighted by molar-refractivity contribution is 8.02. The van der Waals surface area contributed by atoms with Crippen LogP contribution >= 0.6 is 11.8 Å². The number of aromatic nitrogens is 1. The number of hydrogen-bond acceptors (Lipinski definition) is 5. The van der Waals surface area contributed by atoms with Crippen LogP contribution in [0.4, 0.5) is 5.69 Å². The predicted molar refractivity (Wildman–Crippen MR) is 89.9 cm³/mol. The molecule has 1 aromatic heterocycles. The van der Waals surface area contributed by atoms with Crippen molar-refractivity contribution in [2.45, 2.75) is 11.7 Å². The fourth-order valence-corrected chi connectivity index (χ4v) is 5.87. The van der Waals surface area contributed by atoms with Crippen molar-refractivity contribution in [1.29, 1.82) is 0 Å². The summed E-state index contributed by atoms with van der Waals surface area (Å²) in [6.07, 6.45) is 2.27. The summed E-state index contributed by atoms with van der Waals surface area (Å²) in [5.74, 6) is 0.544. The SMILES string of the molecule is O=C(CSC1CCS(=O)(=O)C1)Nc1cnc2ccccc2c1. The van der Waals surface area contributed by atoms with Crippen molar-refractivity contribution in [2.75, 3.05) is 22.6 Å². The van der Waals surface area contributed by atoms with Gasteiger partial charge >= 0.3 is 0 Å². The number of pyridine rings is 1. The van der Waals surface area contributed by atoms with Crippen molar-refractivity contribution in [1.82, 2.24) is 4.98 Å². The van der Waals surface area contributed by atoms with Gasteiger partial charge in [0, 0.05) is 10.6 Å². The average Bonchev–Trinajstić information content (AvgIpc) is 2.84. The Kier molecular flexibility index (Phi) is 4.35. The fourth-order valence-electron chi connectivity index (χ4n) is 2.42. The number of amides is 1. The van der Waals surface area contributed by atoms with Crippen LogP contribution in [0.15, 0.2) is 36.5 Å². The first-order chi connectivity index (χ1) is 10.5. The number of para-hydroxylation sites is 1. The minimum atomic E-state index is -2.89. The second-order valence-electron chi connectivity index (χ2n) is 5.30. The lowest BCUT2D eigenvalue weighted by Crippen LogP contribution is -2.17. The van der Waals surface area contributed by atoms with Crippen LogP contribution in [0.25, 0.3) is 10.9 Å². The van der Waals surface area contributed by atoms with Gasteiger partial charge in [0.25, 0.3) is 0 Å². The summed E-state index contributed by atoms with van der Waals surface area (Å²) in [5.41, 5.74) is 1.54. The molecule has 1 aliphatic rings. The zero-order valence-corrected chi connectivity index (χ0v) is 13.5. The Labute approximate surface area is 133 Å². The monoisotopic (exact) mass is 336 g/mol. The maximum Gasteiger partial charge on any atom is 0.234 e. The number of rotatable bonds is 4. The minimum absolute atomic E-state index is 0.0329. The van der Waals surface area contributed by atoms with E-state index in [0.29, 0.717) is 12.1 Å². The molecule has 0 spiro atoms. The molecule has 1 aromatic carbocycles. The Morgan fingerprint density at radius 1 is 1.36 bits per heavy atom. The van der Waals surface area contributed by atoms with Gasteiger partial charge in [0.1, 0.15) is 0 Å². The summed E-state index contributed by atoms with van der Waals surface area (Å²) < 4.78 is 22.8. The zero-order valence-electron chi connectivity index (χ0n) is 11.9. The van der Waals surface area contributed by atoms with Gasteiger partial charge in [-0.25, -0.2) is 8.42 Å². The summed E-state index contributed by atoms with van der Waals surface area (Å²) >= 11 is 1.41. The summed E-state index contributed by atoms with van der Waals surface area (Å²) in [5, 5.41) is 3.81. The molecule has 1 atom stereocenters. The second-order valence-corrected chi connectivity index (χ2v) is 8.82. The van der Waals surface area contributed by atoms with Crippen LogP contribution < -0.4 is 5.32 Å². The summed E-state index contributed by atoms with van der Waals surface area (Å²) in [6.45, 7) is 0. The molecule has 1 amide bonds. The Bertz CT molecular complexity index is 805. The molecular weight excluding hydrogens is 320 g/mol. The molecule has 2 heterocycles. The van der Waals surface area contributed by atoms with Crippen LogP contribution in [0.1, 0.15) is 6.42 Å². The highest BCUT2D eigenvalue weighted by Crippen LogP contribution is 2.24. The number of thioether (sulfide) groups is 1. The lowest BCUT2D eigenvalue weighted by molar-refractivity contribution is -0.113. The topological polar surface area (TPSA) is 76.1 Å². The first-order valence-electron chi connectivity index (χ1n) is 6.98. The number of nitrogens with one attached hydrogen (secondary N) is 1. The largest absolute Gasteiger partial charge is 0.324 e. The van der Waals surface area contributed by atoms with E-state index in [9.17, 15) is 13.2 Å². The highest BCUT2D eigenvalue weighted by atomic mass is 32.2. The van der Waals surface area contributed by atoms with E-state index in [1.54, 1.807) is 6.20 Å². The molecule has 3 rings (SSSR count). The van der Waals surface area contributed by atoms with Crippen molar-refractivity contribution in [3.8, 4) is 0 Å². The fraction of sp³-hybridized carbons (Fsp3) is 0.333. The maximum absolute atomic E-state index is 12.0. The lowest BCUT2D eigenvalue weighted by Gasteiger charge is -2.08. The number of nitrogens with zero attached hydrogens (tertiary/aromatic N) is 1. The van der Waals surface area contributed by atoms with Crippen LogP contribution in [-0.4, -0.2) is 41.8 Å². The smallest absolute Gasteiger partial charge is 0.234 e. The van der Waals surface area contributed by atoms with Crippen LogP contribution in [0.5, 0.6) is 0 Å². The molecular formula is C15H16N2O3S2. The van der Waals surface area contributed by atoms with E-state index in [-0.39, 0.29) is 28.4 Å². The van der Waals surface area contributed by atoms with Crippen molar-refractivity contribution >= 4 is 44.1 Å². The molecule has 1 aliphatic heterocycles. The van der Waals surface area contributed by atoms with E-state index in [1.165, 1.54) is 11.8 Å². The third-order valence-electron chi connectivity index (χ3n) is 3.52. The normalized spacial score (nSPS) is 20.1. The molecule has 0 radical (unpaired) electrons. The van der Waals surface area contributed by atoms with Gasteiger partial charge < -0.3 is 5.32 Å². The molecule has 1 fully saturated rings.